The molecule has 0 aromatic rings. The van der Waals surface area contributed by atoms with Crippen molar-refractivity contribution >= 4 is 27.3 Å². The Kier molecular flexibility index (Phi) is 6.58. The van der Waals surface area contributed by atoms with Crippen LogP contribution < -0.4 is 0 Å². The molecule has 0 radical (unpaired) electrons. The third-order valence-corrected chi connectivity index (χ3v) is 4.19. The number of hydrogen-bond acceptors (Lipinski definition) is 3. The van der Waals surface area contributed by atoms with E-state index in [1.54, 1.807) is 13.8 Å². The van der Waals surface area contributed by atoms with Gasteiger partial charge in [0.25, 0.3) is 10.1 Å². The molecular weight excluding hydrogens is 258 g/mol. The molecule has 0 amide bonds. The standard InChI is InChI=1S/C11H23NO3S2/c1-5-7-8-12(10(16)6-2)11(3,4)9-17(13,14)15/h5-9H2,1-4H3,(H,13,14,15). The first-order valence-corrected chi connectivity index (χ1v) is 7.91. The molecule has 0 aromatic carbocycles. The van der Waals surface area contributed by atoms with E-state index in [1.807, 2.05) is 11.8 Å². The normalized spacial score (nSPS) is 12.5. The van der Waals surface area contributed by atoms with E-state index in [0.29, 0.717) is 6.42 Å². The van der Waals surface area contributed by atoms with Gasteiger partial charge in [-0.3, -0.25) is 4.55 Å². The number of thiocarbonyl (C=S) groups is 1. The molecule has 0 heterocycles. The lowest BCUT2D eigenvalue weighted by atomic mass is 10.0. The third kappa shape index (κ3) is 6.33. The molecule has 0 saturated heterocycles. The Hall–Kier alpha value is -0.200. The van der Waals surface area contributed by atoms with Gasteiger partial charge in [-0.15, -0.1) is 0 Å². The van der Waals surface area contributed by atoms with Gasteiger partial charge in [0.15, 0.2) is 0 Å². The lowest BCUT2D eigenvalue weighted by Crippen LogP contribution is -2.51. The minimum atomic E-state index is -3.99. The molecule has 0 aliphatic rings. The summed E-state index contributed by atoms with van der Waals surface area (Å²) >= 11 is 5.28. The van der Waals surface area contributed by atoms with Crippen molar-refractivity contribution < 1.29 is 13.0 Å². The first-order chi connectivity index (χ1) is 7.64. The van der Waals surface area contributed by atoms with Gasteiger partial charge in [0.1, 0.15) is 0 Å². The van der Waals surface area contributed by atoms with Crippen LogP contribution in [0.4, 0.5) is 0 Å². The maximum Gasteiger partial charge on any atom is 0.267 e. The van der Waals surface area contributed by atoms with Crippen molar-refractivity contribution in [2.24, 2.45) is 0 Å². The molecule has 102 valence electrons. The van der Waals surface area contributed by atoms with E-state index in [-0.39, 0.29) is 5.75 Å². The zero-order valence-electron chi connectivity index (χ0n) is 11.1. The molecule has 0 atom stereocenters. The van der Waals surface area contributed by atoms with Gasteiger partial charge >= 0.3 is 0 Å². The van der Waals surface area contributed by atoms with Gasteiger partial charge in [-0.1, -0.05) is 32.5 Å². The molecule has 0 aromatic heterocycles. The smallest absolute Gasteiger partial charge is 0.267 e. The van der Waals surface area contributed by atoms with E-state index in [2.05, 4.69) is 6.92 Å². The van der Waals surface area contributed by atoms with Crippen LogP contribution in [-0.4, -0.2) is 40.7 Å². The van der Waals surface area contributed by atoms with Crippen LogP contribution in [0.5, 0.6) is 0 Å². The van der Waals surface area contributed by atoms with Crippen LogP contribution >= 0.6 is 12.2 Å². The topological polar surface area (TPSA) is 57.6 Å². The van der Waals surface area contributed by atoms with E-state index in [1.165, 1.54) is 0 Å². The fraction of sp³-hybridized carbons (Fsp3) is 0.909. The van der Waals surface area contributed by atoms with Gasteiger partial charge < -0.3 is 4.90 Å². The highest BCUT2D eigenvalue weighted by molar-refractivity contribution is 7.85. The lowest BCUT2D eigenvalue weighted by molar-refractivity contribution is 0.233. The highest BCUT2D eigenvalue weighted by atomic mass is 32.2. The fourth-order valence-electron chi connectivity index (χ4n) is 1.80. The van der Waals surface area contributed by atoms with Crippen LogP contribution in [0.2, 0.25) is 0 Å². The highest BCUT2D eigenvalue weighted by Crippen LogP contribution is 2.19. The molecule has 0 aliphatic heterocycles. The minimum absolute atomic E-state index is 0.302. The summed E-state index contributed by atoms with van der Waals surface area (Å²) in [6.07, 6.45) is 2.67. The van der Waals surface area contributed by atoms with Crippen LogP contribution in [-0.2, 0) is 10.1 Å². The Morgan fingerprint density at radius 2 is 1.88 bits per heavy atom. The summed E-state index contributed by atoms with van der Waals surface area (Å²) in [5, 5.41) is 0. The van der Waals surface area contributed by atoms with Crippen LogP contribution in [0.15, 0.2) is 0 Å². The summed E-state index contributed by atoms with van der Waals surface area (Å²) in [5.74, 6) is -0.302. The van der Waals surface area contributed by atoms with Crippen molar-refractivity contribution in [1.82, 2.24) is 4.90 Å². The Morgan fingerprint density at radius 3 is 2.24 bits per heavy atom. The van der Waals surface area contributed by atoms with Crippen LogP contribution in [0.3, 0.4) is 0 Å². The van der Waals surface area contributed by atoms with Crippen molar-refractivity contribution in [2.45, 2.75) is 52.5 Å². The van der Waals surface area contributed by atoms with E-state index in [0.717, 1.165) is 24.4 Å². The maximum atomic E-state index is 11.0. The van der Waals surface area contributed by atoms with Crippen molar-refractivity contribution in [3.05, 3.63) is 0 Å². The molecule has 0 aliphatic carbocycles. The van der Waals surface area contributed by atoms with Gasteiger partial charge in [-0.05, 0) is 26.7 Å². The summed E-state index contributed by atoms with van der Waals surface area (Å²) in [6, 6.07) is 0. The molecule has 0 rings (SSSR count). The second-order valence-electron chi connectivity index (χ2n) is 4.79. The molecule has 0 bridgehead atoms. The molecule has 0 saturated carbocycles. The monoisotopic (exact) mass is 281 g/mol. The van der Waals surface area contributed by atoms with E-state index < -0.39 is 15.7 Å². The molecule has 4 nitrogen and oxygen atoms in total. The zero-order valence-corrected chi connectivity index (χ0v) is 12.7. The number of rotatable bonds is 7. The molecule has 0 fully saturated rings. The van der Waals surface area contributed by atoms with Gasteiger partial charge in [0.2, 0.25) is 0 Å². The van der Waals surface area contributed by atoms with Crippen molar-refractivity contribution in [2.75, 3.05) is 12.3 Å². The van der Waals surface area contributed by atoms with E-state index >= 15 is 0 Å². The number of nitrogens with zero attached hydrogens (tertiary/aromatic N) is 1. The summed E-state index contributed by atoms with van der Waals surface area (Å²) in [5.41, 5.74) is -0.671. The second-order valence-corrected chi connectivity index (χ2v) is 6.71. The Labute approximate surface area is 110 Å². The number of unbranched alkanes of at least 4 members (excludes halogenated alkanes) is 1. The lowest BCUT2D eigenvalue weighted by Gasteiger charge is -2.39. The SMILES string of the molecule is CCCCN(C(=S)CC)C(C)(C)CS(=O)(=O)O. The van der Waals surface area contributed by atoms with Crippen molar-refractivity contribution in [1.29, 1.82) is 0 Å². The average Bonchev–Trinajstić information content (AvgIpc) is 2.13. The summed E-state index contributed by atoms with van der Waals surface area (Å²) in [4.78, 5) is 2.66. The van der Waals surface area contributed by atoms with Gasteiger partial charge in [0, 0.05) is 6.54 Å². The summed E-state index contributed by atoms with van der Waals surface area (Å²) in [6.45, 7) is 8.33. The predicted octanol–water partition coefficient (Wildman–Crippen LogP) is 2.49. The van der Waals surface area contributed by atoms with E-state index in [9.17, 15) is 8.42 Å². The molecule has 0 spiro atoms. The van der Waals surface area contributed by atoms with Gasteiger partial charge in [0.05, 0.1) is 16.3 Å². The third-order valence-electron chi connectivity index (χ3n) is 2.61. The van der Waals surface area contributed by atoms with E-state index in [4.69, 9.17) is 16.8 Å². The highest BCUT2D eigenvalue weighted by Gasteiger charge is 2.32. The molecule has 6 heteroatoms. The first kappa shape index (κ1) is 16.8. The van der Waals surface area contributed by atoms with Crippen LogP contribution in [0.25, 0.3) is 0 Å². The molecule has 0 unspecified atom stereocenters. The first-order valence-electron chi connectivity index (χ1n) is 5.89. The fourth-order valence-corrected chi connectivity index (χ4v) is 3.18. The van der Waals surface area contributed by atoms with Crippen molar-refractivity contribution in [3.63, 3.8) is 0 Å². The van der Waals surface area contributed by atoms with Gasteiger partial charge in [-0.2, -0.15) is 8.42 Å². The summed E-state index contributed by atoms with van der Waals surface area (Å²) < 4.78 is 31.0. The second kappa shape index (κ2) is 6.66. The molecule has 17 heavy (non-hydrogen) atoms. The summed E-state index contributed by atoms with van der Waals surface area (Å²) in [7, 11) is -3.99. The largest absolute Gasteiger partial charge is 0.360 e. The minimum Gasteiger partial charge on any atom is -0.360 e. The van der Waals surface area contributed by atoms with Crippen LogP contribution in [0, 0.1) is 0 Å². The maximum absolute atomic E-state index is 11.0. The zero-order chi connectivity index (χ0) is 13.7. The Bertz CT molecular complexity index is 350. The van der Waals surface area contributed by atoms with Gasteiger partial charge in [-0.25, -0.2) is 0 Å². The number of hydrogen-bond donors (Lipinski definition) is 1. The average molecular weight is 281 g/mol. The predicted molar refractivity (Wildman–Crippen MR) is 75.0 cm³/mol. The Morgan fingerprint density at radius 1 is 1.35 bits per heavy atom. The quantitative estimate of drug-likeness (QED) is 0.574. The molecule has 1 N–H and O–H groups in total. The molecular formula is C11H23NO3S2. The van der Waals surface area contributed by atoms with Crippen molar-refractivity contribution in [3.8, 4) is 0 Å². The van der Waals surface area contributed by atoms with Crippen LogP contribution in [0.1, 0.15) is 47.0 Å². The Balaban J connectivity index is 4.94.